The van der Waals surface area contributed by atoms with Crippen LogP contribution in [0.5, 0.6) is 5.75 Å². The molecule has 0 saturated carbocycles. The summed E-state index contributed by atoms with van der Waals surface area (Å²) in [5, 5.41) is 12.3. The van der Waals surface area contributed by atoms with Crippen LogP contribution >= 0.6 is 0 Å². The Hall–Kier alpha value is -1.62. The van der Waals surface area contributed by atoms with Gasteiger partial charge in [-0.05, 0) is 44.9 Å². The zero-order valence-corrected chi connectivity index (χ0v) is 12.0. The van der Waals surface area contributed by atoms with Gasteiger partial charge in [-0.2, -0.15) is 0 Å². The fourth-order valence-electron chi connectivity index (χ4n) is 1.84. The molecule has 0 aliphatic carbocycles. The molecule has 0 aliphatic heterocycles. The largest absolute Gasteiger partial charge is 0.493 e. The van der Waals surface area contributed by atoms with Crippen molar-refractivity contribution in [1.82, 2.24) is 5.32 Å². The second-order valence-electron chi connectivity index (χ2n) is 4.97. The van der Waals surface area contributed by atoms with Crippen LogP contribution in [0, 0.1) is 5.82 Å². The Bertz CT molecular complexity index is 439. The first-order valence-corrected chi connectivity index (χ1v) is 6.85. The van der Waals surface area contributed by atoms with E-state index in [1.165, 1.54) is 12.1 Å². The van der Waals surface area contributed by atoms with Gasteiger partial charge < -0.3 is 15.2 Å². The topological polar surface area (TPSA) is 58.6 Å². The number of aliphatic carboxylic acids is 1. The summed E-state index contributed by atoms with van der Waals surface area (Å²) in [6.45, 7) is 4.68. The van der Waals surface area contributed by atoms with E-state index in [1.807, 2.05) is 6.92 Å². The molecule has 5 heteroatoms. The average molecular weight is 283 g/mol. The lowest BCUT2D eigenvalue weighted by atomic mass is 9.96. The molecule has 0 saturated heterocycles. The van der Waals surface area contributed by atoms with Crippen molar-refractivity contribution in [2.75, 3.05) is 13.2 Å². The molecule has 1 aromatic carbocycles. The van der Waals surface area contributed by atoms with Crippen molar-refractivity contribution in [3.63, 3.8) is 0 Å². The maximum absolute atomic E-state index is 12.9. The van der Waals surface area contributed by atoms with E-state index in [0.29, 0.717) is 31.7 Å². The molecule has 1 atom stereocenters. The molecule has 2 N–H and O–H groups in total. The molecule has 112 valence electrons. The highest BCUT2D eigenvalue weighted by Crippen LogP contribution is 2.16. The van der Waals surface area contributed by atoms with E-state index in [2.05, 4.69) is 5.32 Å². The smallest absolute Gasteiger partial charge is 0.323 e. The first kappa shape index (κ1) is 16.4. The average Bonchev–Trinajstić information content (AvgIpc) is 2.41. The van der Waals surface area contributed by atoms with E-state index < -0.39 is 11.5 Å². The third kappa shape index (κ3) is 5.17. The Kier molecular flexibility index (Phi) is 6.45. The zero-order valence-electron chi connectivity index (χ0n) is 12.0. The Morgan fingerprint density at radius 1 is 1.50 bits per heavy atom. The molecule has 0 heterocycles. The first-order valence-electron chi connectivity index (χ1n) is 6.85. The molecule has 1 rings (SSSR count). The van der Waals surface area contributed by atoms with Crippen molar-refractivity contribution in [3.05, 3.63) is 30.1 Å². The van der Waals surface area contributed by atoms with Gasteiger partial charge in [-0.25, -0.2) is 4.39 Å². The van der Waals surface area contributed by atoms with Gasteiger partial charge in [-0.1, -0.05) is 13.0 Å². The predicted molar refractivity (Wildman–Crippen MR) is 75.5 cm³/mol. The number of carbonyl (C=O) groups is 1. The number of nitrogens with one attached hydrogen (secondary N) is 1. The standard InChI is InChI=1S/C15H22FNO3/c1-3-9-17-15(2,14(18)19)8-5-10-20-13-7-4-6-12(16)11-13/h4,6-7,11,17H,3,5,8-10H2,1-2H3,(H,18,19). The van der Waals surface area contributed by atoms with Crippen LogP contribution in [-0.4, -0.2) is 29.8 Å². The van der Waals surface area contributed by atoms with E-state index in [0.717, 1.165) is 6.42 Å². The highest BCUT2D eigenvalue weighted by molar-refractivity contribution is 5.78. The third-order valence-corrected chi connectivity index (χ3v) is 3.12. The molecule has 20 heavy (non-hydrogen) atoms. The van der Waals surface area contributed by atoms with E-state index in [-0.39, 0.29) is 5.82 Å². The summed E-state index contributed by atoms with van der Waals surface area (Å²) in [6, 6.07) is 5.92. The van der Waals surface area contributed by atoms with Gasteiger partial charge in [0.2, 0.25) is 0 Å². The molecular weight excluding hydrogens is 261 g/mol. The number of carboxylic acid groups (broad SMARTS) is 1. The van der Waals surface area contributed by atoms with Gasteiger partial charge in [-0.15, -0.1) is 0 Å². The van der Waals surface area contributed by atoms with Gasteiger partial charge in [0.15, 0.2) is 0 Å². The summed E-state index contributed by atoms with van der Waals surface area (Å²) in [5.41, 5.74) is -0.943. The number of carboxylic acids is 1. The minimum absolute atomic E-state index is 0.345. The van der Waals surface area contributed by atoms with Crippen molar-refractivity contribution in [3.8, 4) is 5.75 Å². The summed E-state index contributed by atoms with van der Waals surface area (Å²) in [5.74, 6) is -0.747. The van der Waals surface area contributed by atoms with E-state index in [4.69, 9.17) is 4.74 Å². The molecular formula is C15H22FNO3. The lowest BCUT2D eigenvalue weighted by Crippen LogP contribution is -2.49. The maximum atomic E-state index is 12.9. The summed E-state index contributed by atoms with van der Waals surface area (Å²) in [6.07, 6.45) is 1.91. The van der Waals surface area contributed by atoms with Crippen LogP contribution in [0.15, 0.2) is 24.3 Å². The van der Waals surface area contributed by atoms with Crippen molar-refractivity contribution < 1.29 is 19.0 Å². The van der Waals surface area contributed by atoms with E-state index >= 15 is 0 Å². The van der Waals surface area contributed by atoms with Gasteiger partial charge >= 0.3 is 5.97 Å². The zero-order chi connectivity index (χ0) is 15.0. The highest BCUT2D eigenvalue weighted by Gasteiger charge is 2.31. The van der Waals surface area contributed by atoms with E-state index in [1.54, 1.807) is 19.1 Å². The summed E-state index contributed by atoms with van der Waals surface area (Å²) >= 11 is 0. The van der Waals surface area contributed by atoms with Crippen LogP contribution in [0.3, 0.4) is 0 Å². The Morgan fingerprint density at radius 3 is 2.85 bits per heavy atom. The van der Waals surface area contributed by atoms with Gasteiger partial charge in [0.1, 0.15) is 17.1 Å². The number of ether oxygens (including phenoxy) is 1. The van der Waals surface area contributed by atoms with Crippen molar-refractivity contribution in [2.24, 2.45) is 0 Å². The number of hydrogen-bond acceptors (Lipinski definition) is 3. The highest BCUT2D eigenvalue weighted by atomic mass is 19.1. The van der Waals surface area contributed by atoms with Gasteiger partial charge in [-0.3, -0.25) is 4.79 Å². The normalized spacial score (nSPS) is 13.8. The summed E-state index contributed by atoms with van der Waals surface area (Å²) in [4.78, 5) is 11.3. The van der Waals surface area contributed by atoms with Crippen LogP contribution in [0.4, 0.5) is 4.39 Å². The predicted octanol–water partition coefficient (Wildman–Crippen LogP) is 2.83. The monoisotopic (exact) mass is 283 g/mol. The van der Waals surface area contributed by atoms with Crippen molar-refractivity contribution in [2.45, 2.75) is 38.6 Å². The lowest BCUT2D eigenvalue weighted by molar-refractivity contribution is -0.144. The number of hydrogen-bond donors (Lipinski definition) is 2. The first-order chi connectivity index (χ1) is 9.48. The molecule has 0 aliphatic rings. The third-order valence-electron chi connectivity index (χ3n) is 3.12. The summed E-state index contributed by atoms with van der Waals surface area (Å²) < 4.78 is 18.3. The second kappa shape index (κ2) is 7.85. The van der Waals surface area contributed by atoms with Gasteiger partial charge in [0.25, 0.3) is 0 Å². The number of rotatable bonds is 9. The molecule has 0 fully saturated rings. The Balaban J connectivity index is 2.39. The summed E-state index contributed by atoms with van der Waals surface area (Å²) in [7, 11) is 0. The Morgan fingerprint density at radius 2 is 2.25 bits per heavy atom. The quantitative estimate of drug-likeness (QED) is 0.684. The molecule has 1 unspecified atom stereocenters. The van der Waals surface area contributed by atoms with Crippen molar-refractivity contribution >= 4 is 5.97 Å². The molecule has 0 aromatic heterocycles. The number of halogens is 1. The van der Waals surface area contributed by atoms with Crippen LogP contribution in [0.25, 0.3) is 0 Å². The van der Waals surface area contributed by atoms with Crippen LogP contribution in [0.1, 0.15) is 33.1 Å². The fraction of sp³-hybridized carbons (Fsp3) is 0.533. The van der Waals surface area contributed by atoms with Gasteiger partial charge in [0.05, 0.1) is 6.61 Å². The SMILES string of the molecule is CCCNC(C)(CCCOc1cccc(F)c1)C(=O)O. The Labute approximate surface area is 119 Å². The minimum atomic E-state index is -0.943. The molecule has 0 bridgehead atoms. The molecule has 1 aromatic rings. The molecule has 0 amide bonds. The minimum Gasteiger partial charge on any atom is -0.493 e. The van der Waals surface area contributed by atoms with Crippen LogP contribution in [-0.2, 0) is 4.79 Å². The maximum Gasteiger partial charge on any atom is 0.323 e. The van der Waals surface area contributed by atoms with E-state index in [9.17, 15) is 14.3 Å². The van der Waals surface area contributed by atoms with Crippen LogP contribution in [0.2, 0.25) is 0 Å². The molecule has 4 nitrogen and oxygen atoms in total. The lowest BCUT2D eigenvalue weighted by Gasteiger charge is -2.26. The van der Waals surface area contributed by atoms with Crippen LogP contribution < -0.4 is 10.1 Å². The van der Waals surface area contributed by atoms with Gasteiger partial charge in [0, 0.05) is 6.07 Å². The number of benzene rings is 1. The van der Waals surface area contributed by atoms with Crippen molar-refractivity contribution in [1.29, 1.82) is 0 Å². The second-order valence-corrected chi connectivity index (χ2v) is 4.97. The molecule has 0 spiro atoms. The molecule has 0 radical (unpaired) electrons. The fourth-order valence-corrected chi connectivity index (χ4v) is 1.84.